The van der Waals surface area contributed by atoms with E-state index in [1.807, 2.05) is 63.2 Å². The van der Waals surface area contributed by atoms with Crippen LogP contribution in [0, 0.1) is 11.3 Å². The highest BCUT2D eigenvalue weighted by molar-refractivity contribution is 6.35. The summed E-state index contributed by atoms with van der Waals surface area (Å²) in [5.74, 6) is 0. The van der Waals surface area contributed by atoms with Crippen LogP contribution in [0.25, 0.3) is 22.0 Å². The molecule has 5 rings (SSSR count). The van der Waals surface area contributed by atoms with Crippen LogP contribution in [0.15, 0.2) is 66.9 Å². The number of aryl methyl sites for hydroxylation is 1. The number of amides is 1. The fourth-order valence-electron chi connectivity index (χ4n) is 5.68. The third-order valence-corrected chi connectivity index (χ3v) is 8.55. The van der Waals surface area contributed by atoms with Crippen molar-refractivity contribution in [2.24, 2.45) is 0 Å². The van der Waals surface area contributed by atoms with Crippen LogP contribution in [0.5, 0.6) is 0 Å². The third kappa shape index (κ3) is 7.94. The lowest BCUT2D eigenvalue weighted by Gasteiger charge is -2.35. The molecule has 1 saturated heterocycles. The fraction of sp³-hybridized carbons (Fsp3) is 0.371. The standard InChI is InChI=1S/C35H39Cl2N5O2/c1-35(2,3)44-34(43)39-14-7-15-42-24-29(27-9-5-4-8-26(27)21-38)28-20-25(12-13-33(28)42)22-40-16-18-41(19-17-40)23-30-31(36)10-6-11-32(30)37/h4-6,8-13,20,24H,7,14-19,22-23H2,1-3H3,(H,39,43). The first-order valence-corrected chi connectivity index (χ1v) is 15.8. The van der Waals surface area contributed by atoms with Gasteiger partial charge < -0.3 is 14.6 Å². The maximum absolute atomic E-state index is 12.1. The average molecular weight is 633 g/mol. The van der Waals surface area contributed by atoms with Gasteiger partial charge in [0.15, 0.2) is 0 Å². The zero-order valence-corrected chi connectivity index (χ0v) is 27.1. The van der Waals surface area contributed by atoms with E-state index in [1.54, 1.807) is 0 Å². The van der Waals surface area contributed by atoms with Gasteiger partial charge in [-0.05, 0) is 63.1 Å². The maximum Gasteiger partial charge on any atom is 0.407 e. The minimum Gasteiger partial charge on any atom is -0.444 e. The van der Waals surface area contributed by atoms with E-state index in [2.05, 4.69) is 50.1 Å². The summed E-state index contributed by atoms with van der Waals surface area (Å²) in [6.07, 6.45) is 2.47. The molecule has 0 spiro atoms. The van der Waals surface area contributed by atoms with Crippen molar-refractivity contribution < 1.29 is 9.53 Å². The van der Waals surface area contributed by atoms with Crippen LogP contribution in [0.1, 0.15) is 43.9 Å². The molecule has 0 bridgehead atoms. The topological polar surface area (TPSA) is 73.5 Å². The highest BCUT2D eigenvalue weighted by Crippen LogP contribution is 2.34. The number of fused-ring (bicyclic) bond motifs is 1. The van der Waals surface area contributed by atoms with Crippen LogP contribution >= 0.6 is 23.2 Å². The van der Waals surface area contributed by atoms with Gasteiger partial charge in [-0.2, -0.15) is 5.26 Å². The maximum atomic E-state index is 12.1. The number of carbonyl (C=O) groups is 1. The lowest BCUT2D eigenvalue weighted by atomic mass is 9.99. The SMILES string of the molecule is CC(C)(C)OC(=O)NCCCn1cc(-c2ccccc2C#N)c2cc(CN3CCN(Cc4c(Cl)cccc4Cl)CC3)ccc21. The number of carbonyl (C=O) groups excluding carboxylic acids is 1. The van der Waals surface area contributed by atoms with E-state index in [-0.39, 0.29) is 0 Å². The molecule has 9 heteroatoms. The Hall–Kier alpha value is -3.54. The molecule has 3 aromatic carbocycles. The number of ether oxygens (including phenoxy) is 1. The van der Waals surface area contributed by atoms with Crippen molar-refractivity contribution >= 4 is 40.2 Å². The lowest BCUT2D eigenvalue weighted by Crippen LogP contribution is -2.45. The number of alkyl carbamates (subject to hydrolysis) is 1. The molecule has 7 nitrogen and oxygen atoms in total. The summed E-state index contributed by atoms with van der Waals surface area (Å²) in [5.41, 5.74) is 5.42. The number of hydrogen-bond donors (Lipinski definition) is 1. The van der Waals surface area contributed by atoms with Gasteiger partial charge in [-0.25, -0.2) is 4.79 Å². The smallest absolute Gasteiger partial charge is 0.407 e. The fourth-order valence-corrected chi connectivity index (χ4v) is 6.20. The van der Waals surface area contributed by atoms with E-state index in [9.17, 15) is 10.1 Å². The van der Waals surface area contributed by atoms with Gasteiger partial charge in [0.25, 0.3) is 0 Å². The van der Waals surface area contributed by atoms with Crippen LogP contribution < -0.4 is 5.32 Å². The Morgan fingerprint density at radius 1 is 0.932 bits per heavy atom. The van der Waals surface area contributed by atoms with Gasteiger partial charge in [0.2, 0.25) is 0 Å². The monoisotopic (exact) mass is 631 g/mol. The number of nitrogens with zero attached hydrogens (tertiary/aromatic N) is 4. The molecule has 0 radical (unpaired) electrons. The molecule has 4 aromatic rings. The predicted octanol–water partition coefficient (Wildman–Crippen LogP) is 7.72. The molecule has 0 unspecified atom stereocenters. The molecule has 44 heavy (non-hydrogen) atoms. The van der Waals surface area contributed by atoms with Gasteiger partial charge in [0.05, 0.1) is 11.6 Å². The molecule has 1 N–H and O–H groups in total. The molecular weight excluding hydrogens is 593 g/mol. The minimum atomic E-state index is -0.528. The Balaban J connectivity index is 1.29. The second-order valence-electron chi connectivity index (χ2n) is 12.3. The summed E-state index contributed by atoms with van der Waals surface area (Å²) in [6.45, 7) is 12.2. The molecule has 1 amide bonds. The van der Waals surface area contributed by atoms with Crippen LogP contribution in [0.3, 0.4) is 0 Å². The number of piperazine rings is 1. The molecule has 0 saturated carbocycles. The van der Waals surface area contributed by atoms with E-state index in [4.69, 9.17) is 27.9 Å². The summed E-state index contributed by atoms with van der Waals surface area (Å²) in [4.78, 5) is 17.0. The average Bonchev–Trinajstić information content (AvgIpc) is 3.34. The Morgan fingerprint density at radius 3 is 2.30 bits per heavy atom. The largest absolute Gasteiger partial charge is 0.444 e. The molecule has 1 aliphatic rings. The van der Waals surface area contributed by atoms with E-state index < -0.39 is 11.7 Å². The zero-order valence-electron chi connectivity index (χ0n) is 25.6. The van der Waals surface area contributed by atoms with E-state index in [1.165, 1.54) is 5.56 Å². The van der Waals surface area contributed by atoms with Crippen molar-refractivity contribution in [1.82, 2.24) is 19.7 Å². The van der Waals surface area contributed by atoms with Crippen LogP contribution in [0.2, 0.25) is 10.0 Å². The molecule has 2 heterocycles. The molecule has 1 aromatic heterocycles. The van der Waals surface area contributed by atoms with Crippen LogP contribution in [0.4, 0.5) is 4.79 Å². The number of nitrogens with one attached hydrogen (secondary N) is 1. The first-order valence-electron chi connectivity index (χ1n) is 15.1. The van der Waals surface area contributed by atoms with Gasteiger partial charge in [-0.1, -0.05) is 53.5 Å². The molecular formula is C35H39Cl2N5O2. The number of halogens is 2. The van der Waals surface area contributed by atoms with Crippen molar-refractivity contribution in [3.05, 3.63) is 93.6 Å². The zero-order chi connectivity index (χ0) is 31.3. The van der Waals surface area contributed by atoms with Crippen molar-refractivity contribution in [1.29, 1.82) is 5.26 Å². The van der Waals surface area contributed by atoms with Crippen molar-refractivity contribution in [3.63, 3.8) is 0 Å². The first kappa shape index (κ1) is 31.9. The lowest BCUT2D eigenvalue weighted by molar-refractivity contribution is 0.0526. The molecule has 1 aliphatic heterocycles. The Labute approximate surface area is 269 Å². The van der Waals surface area contributed by atoms with Crippen LogP contribution in [-0.4, -0.2) is 58.8 Å². The predicted molar refractivity (Wildman–Crippen MR) is 178 cm³/mol. The summed E-state index contributed by atoms with van der Waals surface area (Å²) in [5, 5.41) is 15.3. The van der Waals surface area contributed by atoms with E-state index in [0.717, 1.165) is 79.8 Å². The minimum absolute atomic E-state index is 0.406. The highest BCUT2D eigenvalue weighted by atomic mass is 35.5. The van der Waals surface area contributed by atoms with Gasteiger partial charge in [0.1, 0.15) is 5.60 Å². The normalized spacial score (nSPS) is 14.5. The molecule has 230 valence electrons. The molecule has 0 aliphatic carbocycles. The first-order chi connectivity index (χ1) is 21.1. The Bertz CT molecular complexity index is 1640. The Kier molecular flexibility index (Phi) is 10.2. The number of hydrogen-bond acceptors (Lipinski definition) is 5. The molecule has 1 fully saturated rings. The highest BCUT2D eigenvalue weighted by Gasteiger charge is 2.21. The molecule has 0 atom stereocenters. The second-order valence-corrected chi connectivity index (χ2v) is 13.1. The second kappa shape index (κ2) is 14.0. The van der Waals surface area contributed by atoms with Crippen molar-refractivity contribution in [2.75, 3.05) is 32.7 Å². The number of rotatable bonds is 9. The summed E-state index contributed by atoms with van der Waals surface area (Å²) in [7, 11) is 0. The Morgan fingerprint density at radius 2 is 1.61 bits per heavy atom. The summed E-state index contributed by atoms with van der Waals surface area (Å²) < 4.78 is 7.58. The number of nitriles is 1. The van der Waals surface area contributed by atoms with Gasteiger partial charge in [-0.15, -0.1) is 0 Å². The van der Waals surface area contributed by atoms with Gasteiger partial charge in [0, 0.05) is 96.2 Å². The van der Waals surface area contributed by atoms with Gasteiger partial charge in [-0.3, -0.25) is 9.80 Å². The van der Waals surface area contributed by atoms with E-state index in [0.29, 0.717) is 22.2 Å². The van der Waals surface area contributed by atoms with Gasteiger partial charge >= 0.3 is 6.09 Å². The quantitative estimate of drug-likeness (QED) is 0.191. The third-order valence-electron chi connectivity index (χ3n) is 7.84. The number of benzene rings is 3. The van der Waals surface area contributed by atoms with Crippen molar-refractivity contribution in [3.8, 4) is 17.2 Å². The summed E-state index contributed by atoms with van der Waals surface area (Å²) in [6, 6.07) is 22.4. The number of aromatic nitrogens is 1. The van der Waals surface area contributed by atoms with Crippen molar-refractivity contribution in [2.45, 2.75) is 52.4 Å². The summed E-state index contributed by atoms with van der Waals surface area (Å²) >= 11 is 12.8. The van der Waals surface area contributed by atoms with E-state index >= 15 is 0 Å². The van der Waals surface area contributed by atoms with Crippen LogP contribution in [-0.2, 0) is 24.4 Å².